The minimum atomic E-state index is -2.74. The SMILES string of the molecule is CC(C)OP(=O)(CCC#N)Cc1ccccc1. The predicted octanol–water partition coefficient (Wildman–Crippen LogP) is 3.80. The van der Waals surface area contributed by atoms with Crippen LogP contribution in [0.15, 0.2) is 30.3 Å². The smallest absolute Gasteiger partial charge is 0.208 e. The summed E-state index contributed by atoms with van der Waals surface area (Å²) >= 11 is 0. The Morgan fingerprint density at radius 3 is 2.53 bits per heavy atom. The van der Waals surface area contributed by atoms with E-state index in [9.17, 15) is 4.57 Å². The zero-order chi connectivity index (χ0) is 12.7. The summed E-state index contributed by atoms with van der Waals surface area (Å²) < 4.78 is 18.1. The first-order valence-corrected chi connectivity index (χ1v) is 7.72. The molecule has 17 heavy (non-hydrogen) atoms. The van der Waals surface area contributed by atoms with Gasteiger partial charge in [-0.3, -0.25) is 4.57 Å². The van der Waals surface area contributed by atoms with E-state index in [2.05, 4.69) is 0 Å². The fourth-order valence-corrected chi connectivity index (χ4v) is 3.95. The first-order valence-electron chi connectivity index (χ1n) is 5.73. The van der Waals surface area contributed by atoms with Gasteiger partial charge in [0.2, 0.25) is 7.37 Å². The standard InChI is InChI=1S/C13H18NO2P/c1-12(2)16-17(15,10-6-9-14)11-13-7-4-3-5-8-13/h3-5,7-8,12H,6,10-11H2,1-2H3. The number of hydrogen-bond acceptors (Lipinski definition) is 3. The zero-order valence-corrected chi connectivity index (χ0v) is 11.2. The molecule has 0 aliphatic rings. The Kier molecular flexibility index (Phi) is 5.41. The second-order valence-electron chi connectivity index (χ2n) is 4.24. The molecule has 1 aromatic carbocycles. The fourth-order valence-electron chi connectivity index (χ4n) is 1.64. The fraction of sp³-hybridized carbons (Fsp3) is 0.462. The molecule has 1 rings (SSSR count). The van der Waals surface area contributed by atoms with E-state index in [1.165, 1.54) is 0 Å². The molecule has 1 unspecified atom stereocenters. The van der Waals surface area contributed by atoms with Crippen LogP contribution in [-0.2, 0) is 15.3 Å². The third-order valence-electron chi connectivity index (χ3n) is 2.23. The van der Waals surface area contributed by atoms with Gasteiger partial charge in [-0.15, -0.1) is 0 Å². The van der Waals surface area contributed by atoms with Crippen molar-refractivity contribution in [3.63, 3.8) is 0 Å². The molecule has 3 nitrogen and oxygen atoms in total. The normalized spacial score (nSPS) is 14.2. The van der Waals surface area contributed by atoms with E-state index in [4.69, 9.17) is 9.79 Å². The summed E-state index contributed by atoms with van der Waals surface area (Å²) in [6.07, 6.45) is 0.935. The molecule has 0 radical (unpaired) electrons. The van der Waals surface area contributed by atoms with Crippen molar-refractivity contribution in [3.8, 4) is 6.07 Å². The molecule has 0 N–H and O–H groups in total. The van der Waals surface area contributed by atoms with E-state index in [-0.39, 0.29) is 12.5 Å². The average molecular weight is 251 g/mol. The lowest BCUT2D eigenvalue weighted by Gasteiger charge is -2.20. The van der Waals surface area contributed by atoms with Crippen molar-refractivity contribution >= 4 is 7.37 Å². The molecule has 4 heteroatoms. The second-order valence-corrected chi connectivity index (χ2v) is 6.85. The summed E-state index contributed by atoms with van der Waals surface area (Å²) in [5.74, 6) is 0. The van der Waals surface area contributed by atoms with Gasteiger partial charge in [0, 0.05) is 18.7 Å². The van der Waals surface area contributed by atoms with Gasteiger partial charge in [0.05, 0.1) is 12.2 Å². The van der Waals surface area contributed by atoms with E-state index in [0.717, 1.165) is 5.56 Å². The molecule has 1 atom stereocenters. The molecule has 0 amide bonds. The van der Waals surface area contributed by atoms with Crippen LogP contribution in [0.5, 0.6) is 0 Å². The van der Waals surface area contributed by atoms with Crippen LogP contribution >= 0.6 is 7.37 Å². The monoisotopic (exact) mass is 251 g/mol. The summed E-state index contributed by atoms with van der Waals surface area (Å²) in [6, 6.07) is 11.7. The van der Waals surface area contributed by atoms with Gasteiger partial charge >= 0.3 is 0 Å². The Balaban J connectivity index is 2.77. The van der Waals surface area contributed by atoms with Gasteiger partial charge in [-0.05, 0) is 19.4 Å². The van der Waals surface area contributed by atoms with Crippen molar-refractivity contribution in [3.05, 3.63) is 35.9 Å². The maximum absolute atomic E-state index is 12.6. The largest absolute Gasteiger partial charge is 0.325 e. The van der Waals surface area contributed by atoms with Crippen molar-refractivity contribution in [2.24, 2.45) is 0 Å². The lowest BCUT2D eigenvalue weighted by molar-refractivity contribution is 0.243. The Labute approximate surface area is 103 Å². The average Bonchev–Trinajstić information content (AvgIpc) is 2.26. The molecular weight excluding hydrogens is 233 g/mol. The Bertz CT molecular complexity index is 423. The van der Waals surface area contributed by atoms with Gasteiger partial charge in [0.25, 0.3) is 0 Å². The lowest BCUT2D eigenvalue weighted by atomic mass is 10.2. The molecule has 92 valence electrons. The number of hydrogen-bond donors (Lipinski definition) is 0. The van der Waals surface area contributed by atoms with Crippen LogP contribution in [0, 0.1) is 11.3 Å². The molecule has 1 aromatic rings. The third-order valence-corrected chi connectivity index (χ3v) is 4.79. The van der Waals surface area contributed by atoms with Gasteiger partial charge < -0.3 is 4.52 Å². The van der Waals surface area contributed by atoms with Crippen LogP contribution in [0.2, 0.25) is 0 Å². The molecule has 0 heterocycles. The van der Waals surface area contributed by atoms with Crippen LogP contribution in [0.4, 0.5) is 0 Å². The van der Waals surface area contributed by atoms with E-state index in [1.807, 2.05) is 50.2 Å². The highest BCUT2D eigenvalue weighted by atomic mass is 31.2. The summed E-state index contributed by atoms with van der Waals surface area (Å²) in [5, 5.41) is 8.60. The van der Waals surface area contributed by atoms with Gasteiger partial charge in [0.15, 0.2) is 0 Å². The number of nitriles is 1. The highest BCUT2D eigenvalue weighted by molar-refractivity contribution is 7.58. The highest BCUT2D eigenvalue weighted by Crippen LogP contribution is 2.51. The predicted molar refractivity (Wildman–Crippen MR) is 69.1 cm³/mol. The highest BCUT2D eigenvalue weighted by Gasteiger charge is 2.24. The Morgan fingerprint density at radius 2 is 2.00 bits per heavy atom. The molecule has 0 fully saturated rings. The van der Waals surface area contributed by atoms with Crippen LogP contribution in [-0.4, -0.2) is 12.3 Å². The van der Waals surface area contributed by atoms with Gasteiger partial charge in [-0.1, -0.05) is 30.3 Å². The van der Waals surface area contributed by atoms with Crippen molar-refractivity contribution in [2.75, 3.05) is 6.16 Å². The first-order chi connectivity index (χ1) is 8.06. The van der Waals surface area contributed by atoms with Crippen molar-refractivity contribution in [1.29, 1.82) is 5.26 Å². The van der Waals surface area contributed by atoms with Crippen molar-refractivity contribution < 1.29 is 9.09 Å². The van der Waals surface area contributed by atoms with Crippen LogP contribution in [0.25, 0.3) is 0 Å². The van der Waals surface area contributed by atoms with Crippen LogP contribution in [0.1, 0.15) is 25.8 Å². The molecule has 0 aromatic heterocycles. The molecular formula is C13H18NO2P. The van der Waals surface area contributed by atoms with E-state index < -0.39 is 7.37 Å². The Hall–Kier alpha value is -1.10. The quantitative estimate of drug-likeness (QED) is 0.722. The topological polar surface area (TPSA) is 50.1 Å². The summed E-state index contributed by atoms with van der Waals surface area (Å²) in [4.78, 5) is 0. The minimum Gasteiger partial charge on any atom is -0.325 e. The molecule has 0 saturated heterocycles. The lowest BCUT2D eigenvalue weighted by Crippen LogP contribution is -2.05. The number of benzene rings is 1. The zero-order valence-electron chi connectivity index (χ0n) is 10.3. The van der Waals surface area contributed by atoms with Crippen LogP contribution in [0.3, 0.4) is 0 Å². The molecule has 0 aliphatic carbocycles. The van der Waals surface area contributed by atoms with E-state index >= 15 is 0 Å². The Morgan fingerprint density at radius 1 is 1.35 bits per heavy atom. The number of nitrogens with zero attached hydrogens (tertiary/aromatic N) is 1. The van der Waals surface area contributed by atoms with Gasteiger partial charge in [-0.2, -0.15) is 5.26 Å². The molecule has 0 aliphatic heterocycles. The maximum Gasteiger partial charge on any atom is 0.208 e. The minimum absolute atomic E-state index is 0.0803. The molecule has 0 saturated carbocycles. The van der Waals surface area contributed by atoms with E-state index in [1.54, 1.807) is 0 Å². The second kappa shape index (κ2) is 6.59. The first kappa shape index (κ1) is 14.0. The summed E-state index contributed by atoms with van der Waals surface area (Å²) in [7, 11) is -2.74. The van der Waals surface area contributed by atoms with E-state index in [0.29, 0.717) is 12.3 Å². The maximum atomic E-state index is 12.6. The van der Waals surface area contributed by atoms with Crippen molar-refractivity contribution in [2.45, 2.75) is 32.5 Å². The summed E-state index contributed by atoms with van der Waals surface area (Å²) in [6.45, 7) is 3.73. The number of rotatable bonds is 6. The summed E-state index contributed by atoms with van der Waals surface area (Å²) in [5.41, 5.74) is 0.995. The van der Waals surface area contributed by atoms with Crippen LogP contribution < -0.4 is 0 Å². The van der Waals surface area contributed by atoms with Crippen molar-refractivity contribution in [1.82, 2.24) is 0 Å². The van der Waals surface area contributed by atoms with Gasteiger partial charge in [-0.25, -0.2) is 0 Å². The molecule has 0 bridgehead atoms. The van der Waals surface area contributed by atoms with Gasteiger partial charge in [0.1, 0.15) is 0 Å². The molecule has 0 spiro atoms. The third kappa shape index (κ3) is 5.17.